The highest BCUT2D eigenvalue weighted by atomic mass is 32.2. The Morgan fingerprint density at radius 3 is 2.65 bits per heavy atom. The Labute approximate surface area is 109 Å². The van der Waals surface area contributed by atoms with Crippen LogP contribution in [0.3, 0.4) is 0 Å². The Balaban J connectivity index is 2.56. The first-order chi connectivity index (χ1) is 8.11. The monoisotopic (exact) mass is 253 g/mol. The van der Waals surface area contributed by atoms with Crippen LogP contribution >= 0.6 is 11.8 Å². The number of hydrogen-bond donors (Lipinski definition) is 1. The van der Waals surface area contributed by atoms with Crippen molar-refractivity contribution in [3.63, 3.8) is 0 Å². The molecule has 0 spiro atoms. The fourth-order valence-corrected chi connectivity index (χ4v) is 2.56. The van der Waals surface area contributed by atoms with Crippen LogP contribution in [0.25, 0.3) is 0 Å². The van der Waals surface area contributed by atoms with Crippen molar-refractivity contribution in [1.29, 1.82) is 0 Å². The molecule has 0 aliphatic rings. The number of benzene rings is 1. The second-order valence-electron chi connectivity index (χ2n) is 4.46. The molecule has 1 rings (SSSR count). The summed E-state index contributed by atoms with van der Waals surface area (Å²) < 4.78 is 5.67. The van der Waals surface area contributed by atoms with Gasteiger partial charge in [-0.05, 0) is 38.2 Å². The molecule has 3 heteroatoms. The molecule has 0 radical (unpaired) electrons. The predicted molar refractivity (Wildman–Crippen MR) is 76.9 cm³/mol. The van der Waals surface area contributed by atoms with Crippen LogP contribution < -0.4 is 10.5 Å². The van der Waals surface area contributed by atoms with E-state index in [1.807, 2.05) is 37.7 Å². The van der Waals surface area contributed by atoms with Crippen LogP contribution in [0.1, 0.15) is 40.0 Å². The van der Waals surface area contributed by atoms with Gasteiger partial charge in [-0.15, -0.1) is 11.8 Å². The van der Waals surface area contributed by atoms with E-state index in [2.05, 4.69) is 13.0 Å². The average molecular weight is 253 g/mol. The molecule has 0 aliphatic carbocycles. The zero-order valence-corrected chi connectivity index (χ0v) is 11.8. The van der Waals surface area contributed by atoms with E-state index < -0.39 is 0 Å². The zero-order valence-electron chi connectivity index (χ0n) is 11.0. The maximum Gasteiger partial charge on any atom is 0.122 e. The van der Waals surface area contributed by atoms with Gasteiger partial charge in [-0.3, -0.25) is 0 Å². The molecule has 0 unspecified atom stereocenters. The fraction of sp³-hybridized carbons (Fsp3) is 0.571. The van der Waals surface area contributed by atoms with Gasteiger partial charge in [0.05, 0.1) is 6.10 Å². The summed E-state index contributed by atoms with van der Waals surface area (Å²) in [5.74, 6) is 2.02. The van der Waals surface area contributed by atoms with Crippen LogP contribution in [0.15, 0.2) is 23.1 Å². The maximum atomic E-state index is 5.87. The fourth-order valence-electron chi connectivity index (χ4n) is 1.56. The normalized spacial score (nSPS) is 10.8. The van der Waals surface area contributed by atoms with Crippen molar-refractivity contribution in [2.75, 3.05) is 11.5 Å². The average Bonchev–Trinajstić information content (AvgIpc) is 2.22. The number of ether oxygens (including phenoxy) is 1. The summed E-state index contributed by atoms with van der Waals surface area (Å²) in [4.78, 5) is 1.21. The van der Waals surface area contributed by atoms with Crippen molar-refractivity contribution in [2.45, 2.75) is 51.0 Å². The molecule has 0 saturated heterocycles. The summed E-state index contributed by atoms with van der Waals surface area (Å²) in [6, 6.07) is 5.98. The molecule has 1 aromatic carbocycles. The maximum absolute atomic E-state index is 5.87. The zero-order chi connectivity index (χ0) is 12.7. The van der Waals surface area contributed by atoms with E-state index in [9.17, 15) is 0 Å². The molecule has 96 valence electrons. The van der Waals surface area contributed by atoms with E-state index in [4.69, 9.17) is 10.5 Å². The van der Waals surface area contributed by atoms with Gasteiger partial charge in [0.25, 0.3) is 0 Å². The van der Waals surface area contributed by atoms with Crippen molar-refractivity contribution >= 4 is 17.4 Å². The lowest BCUT2D eigenvalue weighted by molar-refractivity contribution is 0.242. The second kappa shape index (κ2) is 7.49. The SMILES string of the molecule is CCCCCSc1cc(N)cc(OC(C)C)c1. The Hall–Kier alpha value is -0.830. The number of unbranched alkanes of at least 4 members (excludes halogenated alkanes) is 2. The molecule has 2 N–H and O–H groups in total. The Morgan fingerprint density at radius 2 is 2.00 bits per heavy atom. The summed E-state index contributed by atoms with van der Waals surface area (Å²) in [5.41, 5.74) is 6.65. The Morgan fingerprint density at radius 1 is 1.24 bits per heavy atom. The standard InChI is InChI=1S/C14H23NOS/c1-4-5-6-7-17-14-9-12(15)8-13(10-14)16-11(2)3/h8-11H,4-7,15H2,1-3H3. The van der Waals surface area contributed by atoms with Gasteiger partial charge < -0.3 is 10.5 Å². The van der Waals surface area contributed by atoms with Crippen LogP contribution in [-0.2, 0) is 0 Å². The van der Waals surface area contributed by atoms with E-state index in [0.717, 1.165) is 17.2 Å². The molecular weight excluding hydrogens is 230 g/mol. The molecule has 0 heterocycles. The topological polar surface area (TPSA) is 35.2 Å². The molecule has 0 amide bonds. The summed E-state index contributed by atoms with van der Waals surface area (Å²) in [6.07, 6.45) is 4.01. The molecule has 0 saturated carbocycles. The quantitative estimate of drug-likeness (QED) is 0.446. The number of nitrogens with two attached hydrogens (primary N) is 1. The van der Waals surface area contributed by atoms with Crippen molar-refractivity contribution in [1.82, 2.24) is 0 Å². The van der Waals surface area contributed by atoms with Gasteiger partial charge >= 0.3 is 0 Å². The van der Waals surface area contributed by atoms with E-state index >= 15 is 0 Å². The molecule has 1 aromatic rings. The largest absolute Gasteiger partial charge is 0.491 e. The highest BCUT2D eigenvalue weighted by Gasteiger charge is 2.02. The molecule has 0 bridgehead atoms. The van der Waals surface area contributed by atoms with Crippen LogP contribution in [0.5, 0.6) is 5.75 Å². The lowest BCUT2D eigenvalue weighted by atomic mass is 10.3. The molecule has 0 fully saturated rings. The van der Waals surface area contributed by atoms with E-state index in [0.29, 0.717) is 0 Å². The third-order valence-corrected chi connectivity index (χ3v) is 3.35. The predicted octanol–water partition coefficient (Wildman–Crippen LogP) is 4.34. The number of rotatable bonds is 7. The summed E-state index contributed by atoms with van der Waals surface area (Å²) in [5, 5.41) is 0. The van der Waals surface area contributed by atoms with Crippen molar-refractivity contribution in [3.8, 4) is 5.75 Å². The lowest BCUT2D eigenvalue weighted by Gasteiger charge is -2.12. The van der Waals surface area contributed by atoms with E-state index in [-0.39, 0.29) is 6.10 Å². The molecule has 0 atom stereocenters. The first kappa shape index (κ1) is 14.2. The summed E-state index contributed by atoms with van der Waals surface area (Å²) in [7, 11) is 0. The summed E-state index contributed by atoms with van der Waals surface area (Å²) >= 11 is 1.86. The van der Waals surface area contributed by atoms with Gasteiger partial charge in [-0.25, -0.2) is 0 Å². The highest BCUT2D eigenvalue weighted by molar-refractivity contribution is 7.99. The van der Waals surface area contributed by atoms with Gasteiger partial charge in [-0.1, -0.05) is 19.8 Å². The third kappa shape index (κ3) is 5.87. The smallest absolute Gasteiger partial charge is 0.122 e. The molecule has 2 nitrogen and oxygen atoms in total. The minimum atomic E-state index is 0.190. The highest BCUT2D eigenvalue weighted by Crippen LogP contribution is 2.28. The third-order valence-electron chi connectivity index (χ3n) is 2.29. The minimum absolute atomic E-state index is 0.190. The van der Waals surface area contributed by atoms with Gasteiger partial charge in [-0.2, -0.15) is 0 Å². The summed E-state index contributed by atoms with van der Waals surface area (Å²) in [6.45, 7) is 6.27. The lowest BCUT2D eigenvalue weighted by Crippen LogP contribution is -2.05. The van der Waals surface area contributed by atoms with Crippen LogP contribution in [0, 0.1) is 0 Å². The van der Waals surface area contributed by atoms with Crippen molar-refractivity contribution in [3.05, 3.63) is 18.2 Å². The van der Waals surface area contributed by atoms with Gasteiger partial charge in [0, 0.05) is 16.6 Å². The Bertz CT molecular complexity index is 339. The first-order valence-corrected chi connectivity index (χ1v) is 7.30. The Kier molecular flexibility index (Phi) is 6.27. The molecule has 0 aromatic heterocycles. The number of anilines is 1. The van der Waals surface area contributed by atoms with Gasteiger partial charge in [0.15, 0.2) is 0 Å². The number of hydrogen-bond acceptors (Lipinski definition) is 3. The van der Waals surface area contributed by atoms with Crippen molar-refractivity contribution < 1.29 is 4.74 Å². The molecular formula is C14H23NOS. The van der Waals surface area contributed by atoms with E-state index in [1.165, 1.54) is 24.2 Å². The van der Waals surface area contributed by atoms with Crippen LogP contribution in [0.2, 0.25) is 0 Å². The van der Waals surface area contributed by atoms with Crippen LogP contribution in [0.4, 0.5) is 5.69 Å². The van der Waals surface area contributed by atoms with Gasteiger partial charge in [0.2, 0.25) is 0 Å². The number of thioether (sulfide) groups is 1. The van der Waals surface area contributed by atoms with Gasteiger partial charge in [0.1, 0.15) is 5.75 Å². The van der Waals surface area contributed by atoms with Crippen LogP contribution in [-0.4, -0.2) is 11.9 Å². The van der Waals surface area contributed by atoms with Crippen molar-refractivity contribution in [2.24, 2.45) is 0 Å². The first-order valence-electron chi connectivity index (χ1n) is 6.32. The second-order valence-corrected chi connectivity index (χ2v) is 5.63. The minimum Gasteiger partial charge on any atom is -0.491 e. The molecule has 17 heavy (non-hydrogen) atoms. The molecule has 0 aliphatic heterocycles. The number of nitrogen functional groups attached to an aromatic ring is 1. The van der Waals surface area contributed by atoms with E-state index in [1.54, 1.807) is 0 Å².